The number of hydrogen-bond acceptors (Lipinski definition) is 5. The second kappa shape index (κ2) is 44.4. The maximum absolute atomic E-state index is 13.1. The van der Waals surface area contributed by atoms with E-state index in [-0.39, 0.29) is 24.9 Å². The van der Waals surface area contributed by atoms with Crippen LogP contribution >= 0.6 is 0 Å². The van der Waals surface area contributed by atoms with E-state index >= 15 is 0 Å². The van der Waals surface area contributed by atoms with E-state index in [1.165, 1.54) is 103 Å². The van der Waals surface area contributed by atoms with Crippen LogP contribution < -0.4 is 5.32 Å². The highest BCUT2D eigenvalue weighted by Gasteiger charge is 2.23. The summed E-state index contributed by atoms with van der Waals surface area (Å²) in [5.41, 5.74) is 0. The molecule has 0 saturated carbocycles. The highest BCUT2D eigenvalue weighted by Crippen LogP contribution is 2.16. The number of aliphatic hydroxyl groups is 2. The van der Waals surface area contributed by atoms with Crippen molar-refractivity contribution in [2.24, 2.45) is 0 Å². The second-order valence-electron chi connectivity index (χ2n) is 15.9. The molecule has 328 valence electrons. The summed E-state index contributed by atoms with van der Waals surface area (Å²) in [5, 5.41) is 23.6. The molecule has 1 amide bonds. The van der Waals surface area contributed by atoms with Crippen LogP contribution in [0.4, 0.5) is 0 Å². The Hall–Kier alpha value is -2.70. The molecule has 0 bridgehead atoms. The van der Waals surface area contributed by atoms with Gasteiger partial charge in [0.1, 0.15) is 6.10 Å². The number of unbranched alkanes of at least 4 members (excludes halogenated alkanes) is 22. The maximum Gasteiger partial charge on any atom is 0.306 e. The fourth-order valence-corrected chi connectivity index (χ4v) is 6.81. The van der Waals surface area contributed by atoms with Crippen molar-refractivity contribution in [2.45, 2.75) is 232 Å². The van der Waals surface area contributed by atoms with E-state index < -0.39 is 18.2 Å². The Kier molecular flexibility index (Phi) is 42.3. The van der Waals surface area contributed by atoms with Crippen molar-refractivity contribution in [3.8, 4) is 0 Å². The molecule has 0 radical (unpaired) electrons. The number of esters is 1. The molecule has 0 saturated heterocycles. The molecule has 0 aliphatic heterocycles. The smallest absolute Gasteiger partial charge is 0.306 e. The molecule has 0 aliphatic carbocycles. The van der Waals surface area contributed by atoms with Gasteiger partial charge in [-0.05, 0) is 38.5 Å². The van der Waals surface area contributed by atoms with Crippen LogP contribution in [0.15, 0.2) is 72.9 Å². The van der Waals surface area contributed by atoms with Crippen LogP contribution in [-0.4, -0.2) is 46.9 Å². The molecule has 0 heterocycles. The predicted octanol–water partition coefficient (Wildman–Crippen LogP) is 13.8. The molecule has 0 aliphatic rings. The molecule has 3 N–H and O–H groups in total. The van der Waals surface area contributed by atoms with Crippen molar-refractivity contribution >= 4 is 11.9 Å². The fourth-order valence-electron chi connectivity index (χ4n) is 6.81. The largest absolute Gasteiger partial charge is 0.461 e. The number of aliphatic hydroxyl groups excluding tert-OH is 2. The van der Waals surface area contributed by atoms with Gasteiger partial charge in [-0.2, -0.15) is 0 Å². The molecule has 0 aromatic rings. The standard InChI is InChI=1S/C51H89NO5/c1-4-7-10-13-16-19-22-23-24-25-26-27-29-31-34-37-40-43-49(54)48(46-53)52-50(55)45-47(42-39-36-33-30-28-20-17-14-11-8-5-2)57-51(56)44-41-38-35-32-21-18-15-12-9-6-3/h8,11-12,14-15,17,20,28,30,33,36,39,47-49,53-54H,4-7,9-10,13,16,18-19,21-27,29,31-32,34-35,37-38,40-46H2,1-3H3,(H,52,55)/b11-8+,15-12-,17-14+,28-20-,33-30-,39-36+. The summed E-state index contributed by atoms with van der Waals surface area (Å²) in [7, 11) is 0. The Morgan fingerprint density at radius 1 is 0.544 bits per heavy atom. The number of ether oxygens (including phenoxy) is 1. The highest BCUT2D eigenvalue weighted by atomic mass is 16.5. The minimum atomic E-state index is -0.820. The van der Waals surface area contributed by atoms with Gasteiger partial charge in [0.05, 0.1) is 25.2 Å². The topological polar surface area (TPSA) is 95.9 Å². The zero-order valence-corrected chi connectivity index (χ0v) is 37.2. The quantitative estimate of drug-likeness (QED) is 0.0248. The highest BCUT2D eigenvalue weighted by molar-refractivity contribution is 5.77. The van der Waals surface area contributed by atoms with Crippen LogP contribution in [0, 0.1) is 0 Å². The summed E-state index contributed by atoms with van der Waals surface area (Å²) < 4.78 is 5.80. The van der Waals surface area contributed by atoms with E-state index in [1.807, 2.05) is 54.7 Å². The number of nitrogens with one attached hydrogen (secondary N) is 1. The molecule has 6 heteroatoms. The Morgan fingerprint density at radius 3 is 1.54 bits per heavy atom. The zero-order chi connectivity index (χ0) is 41.7. The summed E-state index contributed by atoms with van der Waals surface area (Å²) >= 11 is 0. The number of amides is 1. The van der Waals surface area contributed by atoms with Gasteiger partial charge < -0.3 is 20.3 Å². The number of carbonyl (C=O) groups is 2. The monoisotopic (exact) mass is 796 g/mol. The van der Waals surface area contributed by atoms with Gasteiger partial charge in [-0.3, -0.25) is 9.59 Å². The number of rotatable bonds is 41. The lowest BCUT2D eigenvalue weighted by molar-refractivity contribution is -0.150. The van der Waals surface area contributed by atoms with Crippen molar-refractivity contribution in [1.29, 1.82) is 0 Å². The van der Waals surface area contributed by atoms with Crippen molar-refractivity contribution < 1.29 is 24.5 Å². The van der Waals surface area contributed by atoms with Crippen molar-refractivity contribution in [2.75, 3.05) is 6.61 Å². The number of carbonyl (C=O) groups excluding carboxylic acids is 2. The van der Waals surface area contributed by atoms with Crippen LogP contribution in [-0.2, 0) is 14.3 Å². The first-order valence-electron chi connectivity index (χ1n) is 23.7. The summed E-state index contributed by atoms with van der Waals surface area (Å²) in [6, 6.07) is -0.742. The van der Waals surface area contributed by atoms with Crippen LogP contribution in [0.2, 0.25) is 0 Å². The third-order valence-corrected chi connectivity index (χ3v) is 10.4. The number of allylic oxidation sites excluding steroid dienone is 11. The summed E-state index contributed by atoms with van der Waals surface area (Å²) in [6.45, 7) is 6.23. The third-order valence-electron chi connectivity index (χ3n) is 10.4. The first-order valence-corrected chi connectivity index (χ1v) is 23.7. The van der Waals surface area contributed by atoms with Gasteiger partial charge in [-0.15, -0.1) is 0 Å². The Balaban J connectivity index is 4.60. The predicted molar refractivity (Wildman–Crippen MR) is 245 cm³/mol. The van der Waals surface area contributed by atoms with Crippen molar-refractivity contribution in [1.82, 2.24) is 5.32 Å². The summed E-state index contributed by atoms with van der Waals surface area (Å²) in [5.74, 6) is -0.624. The van der Waals surface area contributed by atoms with Crippen LogP contribution in [0.1, 0.15) is 213 Å². The first kappa shape index (κ1) is 54.3. The molecule has 6 nitrogen and oxygen atoms in total. The molecule has 0 fully saturated rings. The van der Waals surface area contributed by atoms with Gasteiger partial charge in [0.15, 0.2) is 0 Å². The summed E-state index contributed by atoms with van der Waals surface area (Å²) in [6.07, 6.45) is 55.7. The molecule has 0 aromatic heterocycles. The van der Waals surface area contributed by atoms with E-state index in [0.717, 1.165) is 64.2 Å². The molecule has 0 rings (SSSR count). The minimum Gasteiger partial charge on any atom is -0.461 e. The fraction of sp³-hybridized carbons (Fsp3) is 0.725. The second-order valence-corrected chi connectivity index (χ2v) is 15.9. The molecule has 57 heavy (non-hydrogen) atoms. The van der Waals surface area contributed by atoms with Gasteiger partial charge in [0.2, 0.25) is 5.91 Å². The van der Waals surface area contributed by atoms with Crippen molar-refractivity contribution in [3.63, 3.8) is 0 Å². The van der Waals surface area contributed by atoms with Gasteiger partial charge in [0, 0.05) is 12.8 Å². The SMILES string of the molecule is CC/C=C/C=C/C=C\C=C/C=C/CC(CC(=O)NC(CO)C(O)CCCCCCCCCCCCCCCCCCC)OC(=O)CCCCCCC/C=C\CCC. The van der Waals surface area contributed by atoms with E-state index in [1.54, 1.807) is 0 Å². The van der Waals surface area contributed by atoms with E-state index in [2.05, 4.69) is 44.3 Å². The molecule has 3 atom stereocenters. The normalized spacial score (nSPS) is 14.0. The molecule has 0 aromatic carbocycles. The third kappa shape index (κ3) is 39.9. The van der Waals surface area contributed by atoms with Gasteiger partial charge in [-0.25, -0.2) is 0 Å². The van der Waals surface area contributed by atoms with E-state index in [9.17, 15) is 19.8 Å². The molecular weight excluding hydrogens is 707 g/mol. The van der Waals surface area contributed by atoms with Crippen LogP contribution in [0.5, 0.6) is 0 Å². The lowest BCUT2D eigenvalue weighted by atomic mass is 10.0. The van der Waals surface area contributed by atoms with Gasteiger partial charge >= 0.3 is 5.97 Å². The average Bonchev–Trinajstić information content (AvgIpc) is 3.20. The van der Waals surface area contributed by atoms with Crippen molar-refractivity contribution in [3.05, 3.63) is 72.9 Å². The molecule has 0 spiro atoms. The Labute approximate surface area is 351 Å². The van der Waals surface area contributed by atoms with E-state index in [0.29, 0.717) is 19.3 Å². The van der Waals surface area contributed by atoms with Gasteiger partial charge in [-0.1, -0.05) is 229 Å². The van der Waals surface area contributed by atoms with Crippen LogP contribution in [0.25, 0.3) is 0 Å². The Bertz CT molecular complexity index is 1070. The zero-order valence-electron chi connectivity index (χ0n) is 37.2. The van der Waals surface area contributed by atoms with Gasteiger partial charge in [0.25, 0.3) is 0 Å². The Morgan fingerprint density at radius 2 is 1.02 bits per heavy atom. The maximum atomic E-state index is 13.1. The number of hydrogen-bond donors (Lipinski definition) is 3. The first-order chi connectivity index (χ1) is 28.0. The van der Waals surface area contributed by atoms with E-state index in [4.69, 9.17) is 4.74 Å². The lowest BCUT2D eigenvalue weighted by Crippen LogP contribution is -2.46. The lowest BCUT2D eigenvalue weighted by Gasteiger charge is -2.24. The average molecular weight is 796 g/mol. The van der Waals surface area contributed by atoms with Crippen LogP contribution in [0.3, 0.4) is 0 Å². The molecule has 3 unspecified atom stereocenters. The summed E-state index contributed by atoms with van der Waals surface area (Å²) in [4.78, 5) is 25.9. The molecular formula is C51H89NO5. The minimum absolute atomic E-state index is 0.0241.